The molecule has 0 saturated heterocycles. The standard InChI is InChI=1S/3C16H36N.C15H27O9P3/c3*1-5-9-13-17(14-10-6-2,15-11-7-3)16-12-8-4;1-10-13(7-25(16,17)22-4)11(2)15(9-27(20,21)24-6)12(3)14(10)8-26(18,19)23-5/h3*5-16H2,1-4H3;7-9H2,1-6H3,(H,16,17)(H,18,19)(H,20,21)/q3*+1;/p-3. The zero-order valence-corrected chi connectivity index (χ0v) is 57.6. The number of nitrogens with zero attached hydrogens (tertiary/aromatic N) is 3. The number of quaternary nitrogens is 3. The molecule has 1 rings (SSSR count). The third kappa shape index (κ3) is 36.3. The van der Waals surface area contributed by atoms with Gasteiger partial charge in [-0.05, 0) is 131 Å². The van der Waals surface area contributed by atoms with Crippen LogP contribution in [0.15, 0.2) is 0 Å². The van der Waals surface area contributed by atoms with Crippen LogP contribution in [0.25, 0.3) is 0 Å². The molecule has 0 aliphatic rings. The van der Waals surface area contributed by atoms with Crippen LogP contribution in [0.1, 0.15) is 271 Å². The molecule has 0 heterocycles. The molecule has 1 aromatic carbocycles. The fourth-order valence-electron chi connectivity index (χ4n) is 10.8. The molecule has 0 fully saturated rings. The van der Waals surface area contributed by atoms with Crippen LogP contribution in [0.2, 0.25) is 0 Å². The number of benzene rings is 1. The Balaban J connectivity index is -0.000000987. The van der Waals surface area contributed by atoms with Crippen molar-refractivity contribution >= 4 is 22.8 Å². The molecular weight excluding hydrogens is 1040 g/mol. The number of unbranched alkanes of at least 4 members (excludes halogenated alkanes) is 12. The molecule has 0 amide bonds. The fraction of sp³-hybridized carbons (Fsp3) is 0.905. The summed E-state index contributed by atoms with van der Waals surface area (Å²) < 4.78 is 53.8. The first-order chi connectivity index (χ1) is 36.9. The fourth-order valence-corrected chi connectivity index (χ4v) is 13.8. The molecule has 0 aromatic heterocycles. The van der Waals surface area contributed by atoms with Crippen molar-refractivity contribution in [2.24, 2.45) is 0 Å². The maximum atomic E-state index is 12.0. The zero-order chi connectivity index (χ0) is 60.2. The van der Waals surface area contributed by atoms with E-state index in [0.717, 1.165) is 21.3 Å². The minimum atomic E-state index is -4.23. The monoisotopic (exact) mass is 1170 g/mol. The summed E-state index contributed by atoms with van der Waals surface area (Å²) in [5, 5.41) is 0. The van der Waals surface area contributed by atoms with Gasteiger partial charge < -0.3 is 55.4 Å². The van der Waals surface area contributed by atoms with Gasteiger partial charge >= 0.3 is 0 Å². The molecule has 1 aromatic rings. The minimum absolute atomic E-state index is 0.304. The Morgan fingerprint density at radius 3 is 0.487 bits per heavy atom. The number of hydrogen-bond donors (Lipinski definition) is 0. The molecule has 3 unspecified atom stereocenters. The van der Waals surface area contributed by atoms with Crippen LogP contribution in [0.4, 0.5) is 0 Å². The quantitative estimate of drug-likeness (QED) is 0.0460. The Labute approximate surface area is 485 Å². The first-order valence-electron chi connectivity index (χ1n) is 32.2. The van der Waals surface area contributed by atoms with E-state index in [4.69, 9.17) is 0 Å². The molecule has 15 heteroatoms. The second-order valence-electron chi connectivity index (χ2n) is 23.1. The van der Waals surface area contributed by atoms with Gasteiger partial charge in [0.25, 0.3) is 0 Å². The third-order valence-electron chi connectivity index (χ3n) is 16.4. The molecule has 0 aliphatic heterocycles. The second-order valence-corrected chi connectivity index (χ2v) is 28.8. The Bertz CT molecular complexity index is 1420. The van der Waals surface area contributed by atoms with Crippen molar-refractivity contribution in [1.82, 2.24) is 0 Å². The first-order valence-corrected chi connectivity index (χ1v) is 37.3. The lowest BCUT2D eigenvalue weighted by atomic mass is 9.90. The van der Waals surface area contributed by atoms with Crippen LogP contribution in [-0.2, 0) is 45.8 Å². The average molecular weight is 1170 g/mol. The van der Waals surface area contributed by atoms with E-state index in [0.29, 0.717) is 33.4 Å². The molecule has 78 heavy (non-hydrogen) atoms. The summed E-state index contributed by atoms with van der Waals surface area (Å²) in [5.41, 5.74) is 2.23. The van der Waals surface area contributed by atoms with Gasteiger partial charge in [-0.25, -0.2) is 0 Å². The highest BCUT2D eigenvalue weighted by molar-refractivity contribution is 7.51. The molecule has 0 saturated carbocycles. The molecule has 12 nitrogen and oxygen atoms in total. The van der Waals surface area contributed by atoms with Crippen molar-refractivity contribution in [1.29, 1.82) is 0 Å². The summed E-state index contributed by atoms with van der Waals surface area (Å²) in [6.45, 7) is 49.8. The van der Waals surface area contributed by atoms with E-state index < -0.39 is 41.3 Å². The molecule has 0 N–H and O–H groups in total. The maximum absolute atomic E-state index is 12.0. The molecule has 468 valence electrons. The molecule has 0 aliphatic carbocycles. The van der Waals surface area contributed by atoms with Crippen LogP contribution in [0, 0.1) is 20.8 Å². The smallest absolute Gasteiger partial charge is 0.139 e. The predicted octanol–water partition coefficient (Wildman–Crippen LogP) is 16.7. The third-order valence-corrected chi connectivity index (χ3v) is 20.2. The summed E-state index contributed by atoms with van der Waals surface area (Å²) in [6, 6.07) is 0. The van der Waals surface area contributed by atoms with Crippen LogP contribution in [-0.4, -0.2) is 113 Å². The van der Waals surface area contributed by atoms with Gasteiger partial charge in [0.1, 0.15) is 22.8 Å². The SMILES string of the molecule is CCCC[N+](CCCC)(CCCC)CCCC.CCCC[N+](CCCC)(CCCC)CCCC.CCCC[N+](CCCC)(CCCC)CCCC.COP(=O)([O-])Cc1c(C)c(CP(=O)([O-])OC)c(C)c(CP(=O)([O-])OC)c1C. The van der Waals surface area contributed by atoms with Crippen molar-refractivity contribution in [3.63, 3.8) is 0 Å². The molecular formula is C63H132N3O9P3. The Morgan fingerprint density at radius 1 is 0.282 bits per heavy atom. The van der Waals surface area contributed by atoms with Crippen molar-refractivity contribution in [2.75, 3.05) is 99.9 Å². The van der Waals surface area contributed by atoms with E-state index in [1.165, 1.54) is 246 Å². The van der Waals surface area contributed by atoms with Crippen molar-refractivity contribution in [3.8, 4) is 0 Å². The second kappa shape index (κ2) is 47.9. The van der Waals surface area contributed by atoms with E-state index >= 15 is 0 Å². The van der Waals surface area contributed by atoms with Crippen molar-refractivity contribution < 1.29 is 55.4 Å². The van der Waals surface area contributed by atoms with Gasteiger partial charge in [-0.1, -0.05) is 160 Å². The maximum Gasteiger partial charge on any atom is 0.139 e. The van der Waals surface area contributed by atoms with E-state index in [1.807, 2.05) is 0 Å². The Hall–Kier alpha value is -0.450. The van der Waals surface area contributed by atoms with Gasteiger partial charge in [0.05, 0.1) is 78.5 Å². The van der Waals surface area contributed by atoms with E-state index in [1.54, 1.807) is 20.8 Å². The van der Waals surface area contributed by atoms with Crippen LogP contribution < -0.4 is 14.7 Å². The molecule has 0 spiro atoms. The Morgan fingerprint density at radius 2 is 0.397 bits per heavy atom. The summed E-state index contributed by atoms with van der Waals surface area (Å²) >= 11 is 0. The normalized spacial score (nSPS) is 14.3. The van der Waals surface area contributed by atoms with Crippen molar-refractivity contribution in [3.05, 3.63) is 33.4 Å². The van der Waals surface area contributed by atoms with E-state index in [-0.39, 0.29) is 0 Å². The van der Waals surface area contributed by atoms with E-state index in [9.17, 15) is 28.4 Å². The van der Waals surface area contributed by atoms with Gasteiger partial charge in [0, 0.05) is 39.8 Å². The predicted molar refractivity (Wildman–Crippen MR) is 334 cm³/mol. The summed E-state index contributed by atoms with van der Waals surface area (Å²) in [4.78, 5) is 36.0. The van der Waals surface area contributed by atoms with Gasteiger partial charge in [-0.15, -0.1) is 0 Å². The summed E-state index contributed by atoms with van der Waals surface area (Å²) in [6.07, 6.45) is 31.7. The molecule has 0 radical (unpaired) electrons. The minimum Gasteiger partial charge on any atom is -0.778 e. The first kappa shape index (κ1) is 81.8. The lowest BCUT2D eigenvalue weighted by molar-refractivity contribution is -0.929. The average Bonchev–Trinajstić information content (AvgIpc) is 3.43. The zero-order valence-electron chi connectivity index (χ0n) is 54.9. The summed E-state index contributed by atoms with van der Waals surface area (Å²) in [7, 11) is -9.59. The van der Waals surface area contributed by atoms with Crippen molar-refractivity contribution in [2.45, 2.75) is 276 Å². The van der Waals surface area contributed by atoms with Crippen LogP contribution in [0.5, 0.6) is 0 Å². The molecule has 3 atom stereocenters. The van der Waals surface area contributed by atoms with Crippen LogP contribution >= 0.6 is 22.8 Å². The molecule has 0 bridgehead atoms. The number of hydrogen-bond acceptors (Lipinski definition) is 9. The van der Waals surface area contributed by atoms with Gasteiger partial charge in [0.2, 0.25) is 0 Å². The van der Waals surface area contributed by atoms with Gasteiger partial charge in [-0.2, -0.15) is 0 Å². The lowest BCUT2D eigenvalue weighted by Crippen LogP contribution is -2.50. The topological polar surface area (TPSA) is 148 Å². The highest BCUT2D eigenvalue weighted by Crippen LogP contribution is 2.49. The van der Waals surface area contributed by atoms with Gasteiger partial charge in [0.15, 0.2) is 0 Å². The van der Waals surface area contributed by atoms with Gasteiger partial charge in [-0.3, -0.25) is 0 Å². The summed E-state index contributed by atoms with van der Waals surface area (Å²) in [5.74, 6) is 0. The highest BCUT2D eigenvalue weighted by atomic mass is 31.2. The number of rotatable bonds is 45. The van der Waals surface area contributed by atoms with Crippen LogP contribution in [0.3, 0.4) is 0 Å². The lowest BCUT2D eigenvalue weighted by Gasteiger charge is -2.39. The van der Waals surface area contributed by atoms with E-state index in [2.05, 4.69) is 96.7 Å². The largest absolute Gasteiger partial charge is 0.778 e. The Kier molecular flexibility index (Phi) is 50.2. The highest BCUT2D eigenvalue weighted by Gasteiger charge is 2.28.